The number of aryl methyl sites for hydroxylation is 1. The zero-order chi connectivity index (χ0) is 25.9. The first-order chi connectivity index (χ1) is 17.5. The fourth-order valence-corrected chi connectivity index (χ4v) is 5.78. The summed E-state index contributed by atoms with van der Waals surface area (Å²) in [6.07, 6.45) is 20.8. The molecular formula is C30H52O5S. The largest absolute Gasteiger partial charge is 0.379 e. The summed E-state index contributed by atoms with van der Waals surface area (Å²) < 4.78 is 41.2. The third-order valence-corrected chi connectivity index (χ3v) is 8.49. The van der Waals surface area contributed by atoms with Crippen molar-refractivity contribution in [2.45, 2.75) is 128 Å². The molecule has 1 fully saturated rings. The van der Waals surface area contributed by atoms with Gasteiger partial charge in [0.2, 0.25) is 0 Å². The van der Waals surface area contributed by atoms with E-state index in [1.807, 2.05) is 6.92 Å². The Morgan fingerprint density at radius 3 is 2.03 bits per heavy atom. The highest BCUT2D eigenvalue weighted by molar-refractivity contribution is 7.86. The van der Waals surface area contributed by atoms with Crippen molar-refractivity contribution in [2.75, 3.05) is 26.4 Å². The van der Waals surface area contributed by atoms with Crippen LogP contribution < -0.4 is 0 Å². The van der Waals surface area contributed by atoms with Crippen molar-refractivity contribution in [3.05, 3.63) is 29.8 Å². The third kappa shape index (κ3) is 14.1. The van der Waals surface area contributed by atoms with Gasteiger partial charge in [-0.2, -0.15) is 8.42 Å². The van der Waals surface area contributed by atoms with Gasteiger partial charge >= 0.3 is 0 Å². The predicted molar refractivity (Wildman–Crippen MR) is 148 cm³/mol. The van der Waals surface area contributed by atoms with Crippen molar-refractivity contribution < 1.29 is 22.1 Å². The maximum Gasteiger partial charge on any atom is 0.296 e. The summed E-state index contributed by atoms with van der Waals surface area (Å²) in [6.45, 7) is 6.50. The van der Waals surface area contributed by atoms with Crippen molar-refractivity contribution in [3.63, 3.8) is 0 Å². The Bertz CT molecular complexity index is 762. The molecule has 1 aromatic carbocycles. The van der Waals surface area contributed by atoms with Crippen molar-refractivity contribution in [1.29, 1.82) is 0 Å². The third-order valence-electron chi connectivity index (χ3n) is 7.16. The first-order valence-electron chi connectivity index (χ1n) is 14.7. The maximum atomic E-state index is 12.2. The van der Waals surface area contributed by atoms with E-state index in [0.717, 1.165) is 25.0 Å². The van der Waals surface area contributed by atoms with Crippen LogP contribution in [0.25, 0.3) is 0 Å². The van der Waals surface area contributed by atoms with Crippen LogP contribution in [0.1, 0.15) is 115 Å². The van der Waals surface area contributed by atoms with E-state index in [9.17, 15) is 8.42 Å². The average Bonchev–Trinajstić information content (AvgIpc) is 3.32. The van der Waals surface area contributed by atoms with E-state index in [2.05, 4.69) is 6.92 Å². The van der Waals surface area contributed by atoms with Gasteiger partial charge in [0.05, 0.1) is 24.2 Å². The summed E-state index contributed by atoms with van der Waals surface area (Å²) >= 11 is 0. The molecule has 0 aromatic heterocycles. The number of unbranched alkanes of at least 4 members (excludes halogenated alkanes) is 12. The number of benzene rings is 1. The molecule has 1 heterocycles. The second-order valence-electron chi connectivity index (χ2n) is 10.6. The number of rotatable bonds is 22. The van der Waals surface area contributed by atoms with E-state index in [0.29, 0.717) is 25.6 Å². The van der Waals surface area contributed by atoms with E-state index >= 15 is 0 Å². The molecule has 0 unspecified atom stereocenters. The smallest absolute Gasteiger partial charge is 0.296 e. The van der Waals surface area contributed by atoms with E-state index in [-0.39, 0.29) is 17.6 Å². The van der Waals surface area contributed by atoms with Crippen LogP contribution in [0.4, 0.5) is 0 Å². The van der Waals surface area contributed by atoms with Gasteiger partial charge in [-0.05, 0) is 50.7 Å². The molecule has 0 radical (unpaired) electrons. The Labute approximate surface area is 221 Å². The summed E-state index contributed by atoms with van der Waals surface area (Å²) in [5, 5.41) is 0. The number of hydrogen-bond donors (Lipinski definition) is 0. The van der Waals surface area contributed by atoms with Crippen molar-refractivity contribution in [1.82, 2.24) is 0 Å². The maximum absolute atomic E-state index is 12.2. The van der Waals surface area contributed by atoms with Crippen LogP contribution in [0, 0.1) is 12.8 Å². The molecular weight excluding hydrogens is 472 g/mol. The Hall–Kier alpha value is -0.950. The molecule has 2 atom stereocenters. The van der Waals surface area contributed by atoms with Crippen LogP contribution in [0.15, 0.2) is 29.2 Å². The zero-order valence-electron chi connectivity index (χ0n) is 23.1. The minimum atomic E-state index is -3.67. The van der Waals surface area contributed by atoms with Crippen molar-refractivity contribution in [2.24, 2.45) is 5.92 Å². The molecule has 0 saturated carbocycles. The van der Waals surface area contributed by atoms with Gasteiger partial charge in [-0.15, -0.1) is 0 Å². The van der Waals surface area contributed by atoms with Gasteiger partial charge in [0.15, 0.2) is 0 Å². The lowest BCUT2D eigenvalue weighted by molar-refractivity contribution is 0.0149. The average molecular weight is 525 g/mol. The van der Waals surface area contributed by atoms with Gasteiger partial charge in [-0.25, -0.2) is 0 Å². The van der Waals surface area contributed by atoms with Gasteiger partial charge in [0, 0.05) is 13.2 Å². The van der Waals surface area contributed by atoms with Crippen LogP contribution in [0.3, 0.4) is 0 Å². The SMILES string of the molecule is CCCCCCCCCCCCCC[C@@H]1CO[C@@H](COCCCCOS(=O)(=O)c2ccc(C)cc2)C1. The lowest BCUT2D eigenvalue weighted by atomic mass is 9.97. The molecule has 0 spiro atoms. The van der Waals surface area contributed by atoms with Gasteiger partial charge < -0.3 is 9.47 Å². The fraction of sp³-hybridized carbons (Fsp3) is 0.800. The van der Waals surface area contributed by atoms with Gasteiger partial charge in [0.25, 0.3) is 10.1 Å². The standard InChI is InChI=1S/C30H52O5S/c1-3-4-5-6-7-8-9-10-11-12-13-14-17-28-24-29(34-25-28)26-33-22-15-16-23-35-36(31,32)30-20-18-27(2)19-21-30/h18-21,28-29H,3-17,22-26H2,1-2H3/t28-,29+/m0/s1. The molecule has 2 rings (SSSR count). The van der Waals surface area contributed by atoms with Gasteiger partial charge in [-0.3, -0.25) is 4.18 Å². The Morgan fingerprint density at radius 1 is 0.806 bits per heavy atom. The zero-order valence-corrected chi connectivity index (χ0v) is 23.9. The summed E-state index contributed by atoms with van der Waals surface area (Å²) in [5.74, 6) is 0.683. The Kier molecular flexibility index (Phi) is 16.6. The van der Waals surface area contributed by atoms with Gasteiger partial charge in [-0.1, -0.05) is 102 Å². The number of hydrogen-bond acceptors (Lipinski definition) is 5. The van der Waals surface area contributed by atoms with Crippen molar-refractivity contribution >= 4 is 10.1 Å². The Balaban J connectivity index is 1.37. The summed E-state index contributed by atoms with van der Waals surface area (Å²) in [4.78, 5) is 0.209. The highest BCUT2D eigenvalue weighted by Gasteiger charge is 2.25. The van der Waals surface area contributed by atoms with Crippen LogP contribution >= 0.6 is 0 Å². The second-order valence-corrected chi connectivity index (χ2v) is 12.2. The molecule has 1 aliphatic heterocycles. The molecule has 1 saturated heterocycles. The highest BCUT2D eigenvalue weighted by atomic mass is 32.2. The summed E-state index contributed by atoms with van der Waals surface area (Å²) in [5.41, 5.74) is 1.02. The summed E-state index contributed by atoms with van der Waals surface area (Å²) in [7, 11) is -3.67. The minimum absolute atomic E-state index is 0.181. The Morgan fingerprint density at radius 2 is 1.39 bits per heavy atom. The first kappa shape index (κ1) is 31.3. The molecule has 1 aliphatic rings. The van der Waals surface area contributed by atoms with Crippen LogP contribution in [-0.4, -0.2) is 40.9 Å². The molecule has 0 aliphatic carbocycles. The van der Waals surface area contributed by atoms with E-state index in [1.165, 1.54) is 83.5 Å². The molecule has 36 heavy (non-hydrogen) atoms. The van der Waals surface area contributed by atoms with Gasteiger partial charge in [0.1, 0.15) is 0 Å². The predicted octanol–water partition coefficient (Wildman–Crippen LogP) is 7.99. The molecule has 5 nitrogen and oxygen atoms in total. The van der Waals surface area contributed by atoms with Crippen LogP contribution in [0.2, 0.25) is 0 Å². The fourth-order valence-electron chi connectivity index (χ4n) is 4.83. The lowest BCUT2D eigenvalue weighted by Crippen LogP contribution is -2.15. The number of ether oxygens (including phenoxy) is 2. The minimum Gasteiger partial charge on any atom is -0.379 e. The molecule has 208 valence electrons. The highest BCUT2D eigenvalue weighted by Crippen LogP contribution is 2.25. The van der Waals surface area contributed by atoms with E-state index < -0.39 is 10.1 Å². The normalized spacial score (nSPS) is 18.2. The molecule has 0 N–H and O–H groups in total. The summed E-state index contributed by atoms with van der Waals surface area (Å²) in [6, 6.07) is 6.72. The molecule has 0 amide bonds. The topological polar surface area (TPSA) is 61.8 Å². The monoisotopic (exact) mass is 524 g/mol. The van der Waals surface area contributed by atoms with Crippen LogP contribution in [0.5, 0.6) is 0 Å². The van der Waals surface area contributed by atoms with Crippen molar-refractivity contribution in [3.8, 4) is 0 Å². The van der Waals surface area contributed by atoms with E-state index in [1.54, 1.807) is 24.3 Å². The lowest BCUT2D eigenvalue weighted by Gasteiger charge is -2.11. The molecule has 1 aromatic rings. The van der Waals surface area contributed by atoms with E-state index in [4.69, 9.17) is 13.7 Å². The van der Waals surface area contributed by atoms with Crippen LogP contribution in [-0.2, 0) is 23.8 Å². The first-order valence-corrected chi connectivity index (χ1v) is 16.1. The quantitative estimate of drug-likeness (QED) is 0.114. The second kappa shape index (κ2) is 19.2. The molecule has 6 heteroatoms. The molecule has 0 bridgehead atoms.